The summed E-state index contributed by atoms with van der Waals surface area (Å²) in [6.45, 7) is 2.01. The van der Waals surface area contributed by atoms with Crippen LogP contribution >= 0.6 is 11.8 Å². The van der Waals surface area contributed by atoms with Crippen molar-refractivity contribution in [3.63, 3.8) is 0 Å². The Morgan fingerprint density at radius 2 is 1.78 bits per heavy atom. The number of aliphatic imine (C=N–C) groups is 1. The molecule has 2 aliphatic heterocycles. The minimum absolute atomic E-state index is 0.0577. The average molecular weight is 505 g/mol. The van der Waals surface area contributed by atoms with Gasteiger partial charge in [-0.25, -0.2) is 13.8 Å². The van der Waals surface area contributed by atoms with E-state index in [1.54, 1.807) is 23.2 Å². The molecule has 0 saturated heterocycles. The zero-order chi connectivity index (χ0) is 25.2. The molecule has 0 unspecified atom stereocenters. The van der Waals surface area contributed by atoms with Gasteiger partial charge in [0.1, 0.15) is 16.9 Å². The van der Waals surface area contributed by atoms with Gasteiger partial charge >= 0.3 is 0 Å². The summed E-state index contributed by atoms with van der Waals surface area (Å²) in [6, 6.07) is 19.7. The first-order valence-corrected chi connectivity index (χ1v) is 12.3. The summed E-state index contributed by atoms with van der Waals surface area (Å²) in [5.41, 5.74) is 3.79. The van der Waals surface area contributed by atoms with E-state index in [4.69, 9.17) is 5.10 Å². The van der Waals surface area contributed by atoms with Crippen molar-refractivity contribution in [1.29, 1.82) is 0 Å². The molecule has 5 rings (SSSR count). The van der Waals surface area contributed by atoms with Crippen molar-refractivity contribution in [1.82, 2.24) is 5.01 Å². The lowest BCUT2D eigenvalue weighted by atomic mass is 9.98. The zero-order valence-electron chi connectivity index (χ0n) is 19.3. The summed E-state index contributed by atoms with van der Waals surface area (Å²) >= 11 is 1.15. The maximum Gasteiger partial charge on any atom is 0.262 e. The number of halogens is 2. The standard InChI is InChI=1S/C27H22F2N4O2S/c1-16-6-8-17(9-7-16)22-14-23(18-10-12-19(28)13-11-18)33(32-22)27-31-26(35)24(36-27)15-25(34)30-21-5-3-2-4-20(21)29/h2-13,23-24H,14-15H2,1H3,(H,30,34)/t23-,24-/m1/s1. The fourth-order valence-electron chi connectivity index (χ4n) is 4.09. The largest absolute Gasteiger partial charge is 0.324 e. The number of hydrazone groups is 1. The summed E-state index contributed by atoms with van der Waals surface area (Å²) < 4.78 is 27.5. The molecule has 2 aliphatic rings. The Hall–Kier alpha value is -3.85. The Balaban J connectivity index is 1.36. The molecule has 0 bridgehead atoms. The summed E-state index contributed by atoms with van der Waals surface area (Å²) in [7, 11) is 0. The average Bonchev–Trinajstić information content (AvgIpc) is 3.45. The van der Waals surface area contributed by atoms with Gasteiger partial charge in [0.2, 0.25) is 5.91 Å². The number of rotatable bonds is 5. The molecule has 9 heteroatoms. The number of thioether (sulfide) groups is 1. The highest BCUT2D eigenvalue weighted by atomic mass is 32.2. The van der Waals surface area contributed by atoms with Crippen LogP contribution in [0.1, 0.15) is 35.6 Å². The number of nitrogens with zero attached hydrogens (tertiary/aromatic N) is 3. The van der Waals surface area contributed by atoms with Crippen LogP contribution in [-0.4, -0.2) is 33.0 Å². The van der Waals surface area contributed by atoms with Crippen molar-refractivity contribution in [2.75, 3.05) is 5.32 Å². The lowest BCUT2D eigenvalue weighted by molar-refractivity contribution is -0.121. The van der Waals surface area contributed by atoms with Gasteiger partial charge in [0, 0.05) is 12.8 Å². The van der Waals surface area contributed by atoms with E-state index in [-0.39, 0.29) is 24.0 Å². The second kappa shape index (κ2) is 10.0. The molecule has 3 aromatic carbocycles. The number of aryl methyl sites for hydroxylation is 1. The fourth-order valence-corrected chi connectivity index (χ4v) is 5.15. The quantitative estimate of drug-likeness (QED) is 0.501. The van der Waals surface area contributed by atoms with Gasteiger partial charge in [0.05, 0.1) is 17.4 Å². The molecule has 6 nitrogen and oxygen atoms in total. The second-order valence-corrected chi connectivity index (χ2v) is 9.77. The molecule has 36 heavy (non-hydrogen) atoms. The smallest absolute Gasteiger partial charge is 0.262 e. The fraction of sp³-hybridized carbons (Fsp3) is 0.185. The topological polar surface area (TPSA) is 74.1 Å². The minimum atomic E-state index is -0.751. The van der Waals surface area contributed by atoms with Gasteiger partial charge in [-0.05, 0) is 42.3 Å². The van der Waals surface area contributed by atoms with Crippen molar-refractivity contribution in [2.45, 2.75) is 31.1 Å². The number of hydrogen-bond donors (Lipinski definition) is 1. The molecular formula is C27H22F2N4O2S. The first-order chi connectivity index (χ1) is 17.4. The normalized spacial score (nSPS) is 19.3. The maximum atomic E-state index is 13.9. The predicted octanol–water partition coefficient (Wildman–Crippen LogP) is 5.45. The van der Waals surface area contributed by atoms with E-state index in [2.05, 4.69) is 10.3 Å². The second-order valence-electron chi connectivity index (χ2n) is 8.60. The van der Waals surface area contributed by atoms with E-state index in [1.807, 2.05) is 31.2 Å². The van der Waals surface area contributed by atoms with Crippen LogP contribution in [0.3, 0.4) is 0 Å². The molecule has 0 spiro atoms. The summed E-state index contributed by atoms with van der Waals surface area (Å²) in [6.07, 6.45) is 0.384. The Labute approximate surface area is 211 Å². The molecule has 0 radical (unpaired) electrons. The maximum absolute atomic E-state index is 13.9. The Morgan fingerprint density at radius 3 is 2.50 bits per heavy atom. The van der Waals surface area contributed by atoms with Gasteiger partial charge in [0.25, 0.3) is 5.91 Å². The van der Waals surface area contributed by atoms with Crippen molar-refractivity contribution >= 4 is 40.1 Å². The monoisotopic (exact) mass is 504 g/mol. The molecule has 3 aromatic rings. The molecule has 0 fully saturated rings. The van der Waals surface area contributed by atoms with Gasteiger partial charge < -0.3 is 5.32 Å². The lowest BCUT2D eigenvalue weighted by Crippen LogP contribution is -2.25. The van der Waals surface area contributed by atoms with Crippen molar-refractivity contribution in [3.05, 3.63) is 101 Å². The highest BCUT2D eigenvalue weighted by Crippen LogP contribution is 2.38. The van der Waals surface area contributed by atoms with Crippen LogP contribution in [-0.2, 0) is 9.59 Å². The number of carbonyl (C=O) groups excluding carboxylic acids is 2. The molecule has 0 aromatic heterocycles. The molecule has 2 heterocycles. The predicted molar refractivity (Wildman–Crippen MR) is 137 cm³/mol. The molecule has 1 N–H and O–H groups in total. The summed E-state index contributed by atoms with van der Waals surface area (Å²) in [4.78, 5) is 29.4. The van der Waals surface area contributed by atoms with Crippen LogP contribution in [0.4, 0.5) is 14.5 Å². The number of nitrogens with one attached hydrogen (secondary N) is 1. The first kappa shape index (κ1) is 23.9. The number of hydrogen-bond acceptors (Lipinski definition) is 5. The van der Waals surface area contributed by atoms with Crippen molar-refractivity contribution in [2.24, 2.45) is 10.1 Å². The number of carbonyl (C=O) groups is 2. The lowest BCUT2D eigenvalue weighted by Gasteiger charge is -2.23. The van der Waals surface area contributed by atoms with Gasteiger partial charge in [0.15, 0.2) is 5.17 Å². The highest BCUT2D eigenvalue weighted by Gasteiger charge is 2.39. The van der Waals surface area contributed by atoms with Crippen LogP contribution in [0.5, 0.6) is 0 Å². The van der Waals surface area contributed by atoms with Crippen LogP contribution in [0.25, 0.3) is 0 Å². The van der Waals surface area contributed by atoms with Gasteiger partial charge in [-0.2, -0.15) is 10.1 Å². The van der Waals surface area contributed by atoms with Crippen molar-refractivity contribution < 1.29 is 18.4 Å². The van der Waals surface area contributed by atoms with Gasteiger partial charge in [-0.1, -0.05) is 65.9 Å². The first-order valence-electron chi connectivity index (χ1n) is 11.4. The molecule has 0 saturated carbocycles. The minimum Gasteiger partial charge on any atom is -0.324 e. The van der Waals surface area contributed by atoms with Gasteiger partial charge in [-0.3, -0.25) is 9.59 Å². The number of amides is 2. The number of anilines is 1. The number of benzene rings is 3. The van der Waals surface area contributed by atoms with Crippen LogP contribution in [0.15, 0.2) is 82.9 Å². The SMILES string of the molecule is Cc1ccc(C2=NN(C3=NC(=O)[C@@H](CC(=O)Nc4ccccc4F)S3)[C@@H](c3ccc(F)cc3)C2)cc1. The summed E-state index contributed by atoms with van der Waals surface area (Å²) in [5, 5.41) is 8.59. The third-order valence-corrected chi connectivity index (χ3v) is 7.14. The molecule has 2 amide bonds. The highest BCUT2D eigenvalue weighted by molar-refractivity contribution is 8.15. The molecule has 0 aliphatic carbocycles. The Morgan fingerprint density at radius 1 is 1.06 bits per heavy atom. The number of para-hydroxylation sites is 1. The van der Waals surface area contributed by atoms with Crippen LogP contribution in [0.2, 0.25) is 0 Å². The van der Waals surface area contributed by atoms with E-state index in [0.29, 0.717) is 11.6 Å². The molecular weight excluding hydrogens is 482 g/mol. The molecule has 182 valence electrons. The number of amidine groups is 1. The van der Waals surface area contributed by atoms with Crippen molar-refractivity contribution in [3.8, 4) is 0 Å². The van der Waals surface area contributed by atoms with E-state index >= 15 is 0 Å². The Kier molecular flexibility index (Phi) is 6.65. The van der Waals surface area contributed by atoms with Crippen LogP contribution < -0.4 is 5.32 Å². The van der Waals surface area contributed by atoms with E-state index < -0.39 is 22.9 Å². The zero-order valence-corrected chi connectivity index (χ0v) is 20.1. The van der Waals surface area contributed by atoms with E-state index in [0.717, 1.165) is 34.2 Å². The molecule has 2 atom stereocenters. The Bertz CT molecular complexity index is 1370. The summed E-state index contributed by atoms with van der Waals surface area (Å²) in [5.74, 6) is -1.82. The van der Waals surface area contributed by atoms with E-state index in [9.17, 15) is 18.4 Å². The van der Waals surface area contributed by atoms with Gasteiger partial charge in [-0.15, -0.1) is 0 Å². The third kappa shape index (κ3) is 5.06. The third-order valence-electron chi connectivity index (χ3n) is 5.99. The van der Waals surface area contributed by atoms with Crippen LogP contribution in [0, 0.1) is 18.6 Å². The van der Waals surface area contributed by atoms with E-state index in [1.165, 1.54) is 30.3 Å².